The summed E-state index contributed by atoms with van der Waals surface area (Å²) < 4.78 is 10.1. The molecule has 1 amide bonds. The lowest BCUT2D eigenvalue weighted by Gasteiger charge is -2.48. The zero-order chi connectivity index (χ0) is 22.1. The first kappa shape index (κ1) is 22.8. The summed E-state index contributed by atoms with van der Waals surface area (Å²) in [7, 11) is 0. The van der Waals surface area contributed by atoms with Crippen LogP contribution < -0.4 is 5.73 Å². The van der Waals surface area contributed by atoms with Gasteiger partial charge in [0.15, 0.2) is 5.01 Å². The van der Waals surface area contributed by atoms with Gasteiger partial charge in [0.25, 0.3) is 0 Å². The average Bonchev–Trinajstić information content (AvgIpc) is 3.24. The molecule has 162 valence electrons. The molecule has 1 saturated heterocycles. The van der Waals surface area contributed by atoms with Crippen LogP contribution in [-0.4, -0.2) is 62.6 Å². The number of aromatic nitrogens is 1. The van der Waals surface area contributed by atoms with Gasteiger partial charge in [-0.05, 0) is 26.3 Å². The highest BCUT2D eigenvalue weighted by atomic mass is 32.2. The van der Waals surface area contributed by atoms with Gasteiger partial charge >= 0.3 is 11.9 Å². The molecule has 0 aliphatic carbocycles. The second kappa shape index (κ2) is 9.08. The summed E-state index contributed by atoms with van der Waals surface area (Å²) in [6.07, 6.45) is 1.54. The molecule has 1 aromatic rings. The van der Waals surface area contributed by atoms with Crippen LogP contribution >= 0.6 is 34.9 Å². The summed E-state index contributed by atoms with van der Waals surface area (Å²) in [5.41, 5.74) is 5.74. The van der Waals surface area contributed by atoms with Crippen molar-refractivity contribution in [1.82, 2.24) is 9.88 Å². The number of rotatable bonds is 6. The number of hydrogen-bond donors (Lipinski definition) is 1. The molecule has 12 heteroatoms. The van der Waals surface area contributed by atoms with Crippen molar-refractivity contribution in [2.75, 3.05) is 18.3 Å². The number of nitrogens with two attached hydrogens (primary N) is 1. The third kappa shape index (κ3) is 4.71. The van der Waals surface area contributed by atoms with Crippen LogP contribution in [0.3, 0.4) is 0 Å². The number of thioether (sulfide) groups is 2. The van der Waals surface area contributed by atoms with Crippen LogP contribution in [0, 0.1) is 5.41 Å². The molecule has 3 rings (SSSR count). The van der Waals surface area contributed by atoms with Crippen LogP contribution in [0.5, 0.6) is 0 Å². The Morgan fingerprint density at radius 3 is 2.70 bits per heavy atom. The van der Waals surface area contributed by atoms with Crippen molar-refractivity contribution in [1.29, 1.82) is 0 Å². The second-order valence-electron chi connectivity index (χ2n) is 7.53. The molecule has 0 radical (unpaired) electrons. The predicted octanol–water partition coefficient (Wildman–Crippen LogP) is 1.60. The van der Waals surface area contributed by atoms with Gasteiger partial charge in [-0.3, -0.25) is 19.3 Å². The maximum Gasteiger partial charge on any atom is 0.357 e. The number of carbonyl (C=O) groups is 4. The van der Waals surface area contributed by atoms with E-state index in [9.17, 15) is 19.2 Å². The summed E-state index contributed by atoms with van der Waals surface area (Å²) >= 11 is 3.65. The average molecular weight is 472 g/mol. The molecule has 9 nitrogen and oxygen atoms in total. The van der Waals surface area contributed by atoms with E-state index >= 15 is 0 Å². The Labute approximate surface area is 185 Å². The summed E-state index contributed by atoms with van der Waals surface area (Å²) in [5, 5.41) is 1.49. The fourth-order valence-corrected chi connectivity index (χ4v) is 5.57. The molecule has 2 atom stereocenters. The lowest BCUT2D eigenvalue weighted by Crippen LogP contribution is -2.68. The van der Waals surface area contributed by atoms with E-state index in [0.717, 1.165) is 11.8 Å². The SMILES string of the molecule is CC(C)(C)C(=O)OCOC(=O)C1=C(CSC(=O)c2nccs2)CS[C@@H]2C(N)C(=O)N12. The second-order valence-corrected chi connectivity index (χ2v) is 10.5. The minimum Gasteiger partial charge on any atom is -0.427 e. The number of amides is 1. The minimum absolute atomic E-state index is 0.0664. The van der Waals surface area contributed by atoms with E-state index in [4.69, 9.17) is 15.2 Å². The standard InChI is InChI=1S/C18H21N3O6S3/c1-18(2,3)17(25)27-8-26-15(23)11-9(6-29-14-10(19)13(22)21(11)14)7-30-16(24)12-20-4-5-28-12/h4-5,10,14H,6-8,19H2,1-3H3/t10?,14-/m1/s1. The molecule has 0 spiro atoms. The molecule has 0 aromatic carbocycles. The van der Waals surface area contributed by atoms with Crippen molar-refractivity contribution in [3.8, 4) is 0 Å². The number of hydrogen-bond acceptors (Lipinski definition) is 11. The largest absolute Gasteiger partial charge is 0.427 e. The Morgan fingerprint density at radius 1 is 1.33 bits per heavy atom. The van der Waals surface area contributed by atoms with E-state index in [-0.39, 0.29) is 27.8 Å². The highest BCUT2D eigenvalue weighted by molar-refractivity contribution is 8.14. The summed E-state index contributed by atoms with van der Waals surface area (Å²) in [6.45, 7) is 4.47. The molecule has 1 fully saturated rings. The quantitative estimate of drug-likeness (QED) is 0.371. The van der Waals surface area contributed by atoms with Crippen LogP contribution in [0.15, 0.2) is 22.8 Å². The summed E-state index contributed by atoms with van der Waals surface area (Å²) in [4.78, 5) is 54.4. The molecule has 1 aromatic heterocycles. The Hall–Kier alpha value is -1.89. The Morgan fingerprint density at radius 2 is 2.07 bits per heavy atom. The molecular weight excluding hydrogens is 450 g/mol. The van der Waals surface area contributed by atoms with Gasteiger partial charge in [0, 0.05) is 23.1 Å². The smallest absolute Gasteiger partial charge is 0.357 e. The highest BCUT2D eigenvalue weighted by Crippen LogP contribution is 2.40. The van der Waals surface area contributed by atoms with Crippen LogP contribution in [0.2, 0.25) is 0 Å². The molecule has 0 bridgehead atoms. The van der Waals surface area contributed by atoms with Gasteiger partial charge < -0.3 is 15.2 Å². The van der Waals surface area contributed by atoms with Crippen LogP contribution in [-0.2, 0) is 23.9 Å². The van der Waals surface area contributed by atoms with Crippen molar-refractivity contribution in [2.24, 2.45) is 11.1 Å². The van der Waals surface area contributed by atoms with Crippen LogP contribution in [0.1, 0.15) is 30.6 Å². The minimum atomic E-state index is -0.792. The van der Waals surface area contributed by atoms with Crippen molar-refractivity contribution >= 4 is 57.8 Å². The highest BCUT2D eigenvalue weighted by Gasteiger charge is 2.52. The van der Waals surface area contributed by atoms with Gasteiger partial charge in [-0.1, -0.05) is 11.8 Å². The first-order chi connectivity index (χ1) is 14.1. The Balaban J connectivity index is 1.72. The molecule has 3 heterocycles. The third-order valence-corrected chi connectivity index (χ3v) is 7.47. The fourth-order valence-electron chi connectivity index (χ4n) is 2.64. The van der Waals surface area contributed by atoms with Gasteiger partial charge in [0.05, 0.1) is 5.41 Å². The van der Waals surface area contributed by atoms with Crippen LogP contribution in [0.4, 0.5) is 0 Å². The lowest BCUT2D eigenvalue weighted by molar-refractivity contribution is -0.173. The van der Waals surface area contributed by atoms with Gasteiger partial charge in [-0.25, -0.2) is 9.78 Å². The summed E-state index contributed by atoms with van der Waals surface area (Å²) in [6, 6.07) is -0.692. The van der Waals surface area contributed by atoms with E-state index in [0.29, 0.717) is 16.3 Å². The normalized spacial score (nSPS) is 21.1. The van der Waals surface area contributed by atoms with Crippen molar-refractivity contribution in [3.63, 3.8) is 0 Å². The van der Waals surface area contributed by atoms with Gasteiger partial charge in [-0.15, -0.1) is 23.1 Å². The number of ether oxygens (including phenoxy) is 2. The van der Waals surface area contributed by atoms with E-state index in [1.54, 1.807) is 32.3 Å². The van der Waals surface area contributed by atoms with Gasteiger partial charge in [-0.2, -0.15) is 0 Å². The van der Waals surface area contributed by atoms with Crippen LogP contribution in [0.25, 0.3) is 0 Å². The first-order valence-electron chi connectivity index (χ1n) is 8.94. The van der Waals surface area contributed by atoms with E-state index in [1.807, 2.05) is 0 Å². The predicted molar refractivity (Wildman–Crippen MR) is 114 cm³/mol. The van der Waals surface area contributed by atoms with Gasteiger partial charge in [0.2, 0.25) is 17.8 Å². The van der Waals surface area contributed by atoms with Crippen molar-refractivity contribution in [2.45, 2.75) is 32.2 Å². The zero-order valence-electron chi connectivity index (χ0n) is 16.6. The lowest BCUT2D eigenvalue weighted by atomic mass is 9.98. The van der Waals surface area contributed by atoms with E-state index in [2.05, 4.69) is 4.98 Å². The van der Waals surface area contributed by atoms with Gasteiger partial charge in [0.1, 0.15) is 17.1 Å². The molecule has 2 aliphatic heterocycles. The number of β-lactam (4-membered cyclic amide) rings is 1. The molecule has 0 saturated carbocycles. The fraction of sp³-hybridized carbons (Fsp3) is 0.500. The number of fused-ring (bicyclic) bond motifs is 1. The van der Waals surface area contributed by atoms with Crippen molar-refractivity contribution < 1.29 is 28.7 Å². The van der Waals surface area contributed by atoms with E-state index in [1.165, 1.54) is 28.0 Å². The number of carbonyl (C=O) groups excluding carboxylic acids is 4. The number of thiazole rings is 1. The number of nitrogens with zero attached hydrogens (tertiary/aromatic N) is 2. The molecule has 2 aliphatic rings. The third-order valence-electron chi connectivity index (χ3n) is 4.26. The Kier molecular flexibility index (Phi) is 6.90. The maximum atomic E-state index is 12.7. The van der Waals surface area contributed by atoms with Crippen molar-refractivity contribution in [3.05, 3.63) is 27.9 Å². The molecule has 30 heavy (non-hydrogen) atoms. The van der Waals surface area contributed by atoms with E-state index < -0.39 is 30.2 Å². The topological polar surface area (TPSA) is 129 Å². The zero-order valence-corrected chi connectivity index (χ0v) is 19.0. The molecule has 2 N–H and O–H groups in total. The number of esters is 2. The monoisotopic (exact) mass is 471 g/mol. The first-order valence-corrected chi connectivity index (χ1v) is 11.9. The maximum absolute atomic E-state index is 12.7. The Bertz CT molecular complexity index is 893. The summed E-state index contributed by atoms with van der Waals surface area (Å²) in [5.74, 6) is -1.08. The molecular formula is C18H21N3O6S3. The molecule has 1 unspecified atom stereocenters.